The average molecular weight is 852 g/mol. The van der Waals surface area contributed by atoms with E-state index in [2.05, 4.69) is 241 Å². The predicted octanol–water partition coefficient (Wildman–Crippen LogP) is 18.0. The van der Waals surface area contributed by atoms with Gasteiger partial charge in [0.25, 0.3) is 0 Å². The molecule has 0 saturated carbocycles. The number of benzene rings is 9. The van der Waals surface area contributed by atoms with Gasteiger partial charge in [-0.2, -0.15) is 0 Å². The van der Waals surface area contributed by atoms with Crippen molar-refractivity contribution in [2.45, 2.75) is 64.7 Å². The Balaban J connectivity index is 0.982. The van der Waals surface area contributed by atoms with Crippen LogP contribution in [0.15, 0.2) is 199 Å². The molecule has 2 heteroatoms. The molecule has 0 N–H and O–H groups in total. The van der Waals surface area contributed by atoms with E-state index in [4.69, 9.17) is 4.42 Å². The Hall–Kier alpha value is -7.42. The van der Waals surface area contributed by atoms with Crippen LogP contribution in [-0.4, -0.2) is 0 Å². The summed E-state index contributed by atoms with van der Waals surface area (Å²) in [6.07, 6.45) is 0. The Morgan fingerprint density at radius 1 is 0.379 bits per heavy atom. The summed E-state index contributed by atoms with van der Waals surface area (Å²) in [6, 6.07) is 72.2. The van der Waals surface area contributed by atoms with E-state index in [1.165, 1.54) is 72.3 Å². The van der Waals surface area contributed by atoms with E-state index >= 15 is 0 Å². The summed E-state index contributed by atoms with van der Waals surface area (Å²) in [6.45, 7) is 16.3. The highest BCUT2D eigenvalue weighted by Crippen LogP contribution is 2.54. The van der Waals surface area contributed by atoms with Crippen LogP contribution >= 0.6 is 0 Å². The van der Waals surface area contributed by atoms with Gasteiger partial charge in [-0.1, -0.05) is 194 Å². The zero-order valence-electron chi connectivity index (χ0n) is 38.8. The van der Waals surface area contributed by atoms with Crippen molar-refractivity contribution in [3.8, 4) is 55.6 Å². The first-order chi connectivity index (χ1) is 31.9. The molecule has 0 fully saturated rings. The Bertz CT molecular complexity index is 3560. The van der Waals surface area contributed by atoms with E-state index in [9.17, 15) is 0 Å². The normalized spacial score (nSPS) is 14.2. The number of fused-ring (bicyclic) bond motifs is 9. The zero-order chi connectivity index (χ0) is 45.1. The molecule has 12 rings (SSSR count). The molecule has 0 aliphatic heterocycles. The van der Waals surface area contributed by atoms with Gasteiger partial charge < -0.3 is 9.32 Å². The number of hydrogen-bond acceptors (Lipinski definition) is 2. The maximum atomic E-state index is 6.50. The molecule has 1 heterocycles. The van der Waals surface area contributed by atoms with Crippen molar-refractivity contribution in [1.82, 2.24) is 0 Å². The molecule has 9 aromatic carbocycles. The third-order valence-corrected chi connectivity index (χ3v) is 14.9. The highest BCUT2D eigenvalue weighted by atomic mass is 16.3. The fourth-order valence-corrected chi connectivity index (χ4v) is 11.2. The van der Waals surface area contributed by atoms with Gasteiger partial charge in [0.05, 0.1) is 5.69 Å². The van der Waals surface area contributed by atoms with E-state index in [1.807, 2.05) is 6.07 Å². The van der Waals surface area contributed by atoms with Crippen molar-refractivity contribution in [3.63, 3.8) is 0 Å². The van der Waals surface area contributed by atoms with Gasteiger partial charge in [0.15, 0.2) is 0 Å². The second-order valence-corrected chi connectivity index (χ2v) is 20.6. The van der Waals surface area contributed by atoms with Crippen LogP contribution in [0.3, 0.4) is 0 Å². The SMILES string of the molecule is CC(C)(C)c1ccc(-c2ccc3c(c2)C(C)(C)c2ccc(-c4ccccc4N(c4ccc(-c5cccc6c5oc5ccccc56)cc4)c4ccc5c(c4)C(C)(C)c4ccccc4-5)cc2-3)cc1. The average Bonchev–Trinajstić information content (AvgIpc) is 3.91. The summed E-state index contributed by atoms with van der Waals surface area (Å²) in [7, 11) is 0. The molecule has 0 saturated heterocycles. The number of anilines is 3. The van der Waals surface area contributed by atoms with E-state index in [1.54, 1.807) is 0 Å². The number of furan rings is 1. The van der Waals surface area contributed by atoms with Crippen molar-refractivity contribution >= 4 is 39.0 Å². The standard InChI is InChI=1S/C64H53NO/c1-62(2,3)44-29-23-40(24-30-44)42-27-34-51-54-37-43(28-36-56(54)64(6,7)57(51)38-42)47-15-9-12-21-59(47)65(46-33-35-50-49-16-8-11-20-55(49)63(4,5)58(50)39-46)45-31-25-41(26-32-45)48-18-14-19-53-52-17-10-13-22-60(52)66-61(48)53/h8-39H,1-7H3. The quantitative estimate of drug-likeness (QED) is 0.166. The van der Waals surface area contributed by atoms with Crippen LogP contribution < -0.4 is 4.90 Å². The molecule has 0 amide bonds. The summed E-state index contributed by atoms with van der Waals surface area (Å²) in [5.41, 5.74) is 24.2. The molecular weight excluding hydrogens is 799 g/mol. The number of nitrogens with zero attached hydrogens (tertiary/aromatic N) is 1. The summed E-state index contributed by atoms with van der Waals surface area (Å²) in [5.74, 6) is 0. The highest BCUT2D eigenvalue weighted by molar-refractivity contribution is 6.09. The van der Waals surface area contributed by atoms with Crippen LogP contribution in [0.4, 0.5) is 17.1 Å². The Labute approximate surface area is 388 Å². The molecule has 0 bridgehead atoms. The van der Waals surface area contributed by atoms with Crippen LogP contribution in [0.5, 0.6) is 0 Å². The van der Waals surface area contributed by atoms with Gasteiger partial charge in [0, 0.05) is 44.1 Å². The van der Waals surface area contributed by atoms with Crippen LogP contribution in [0.1, 0.15) is 76.3 Å². The van der Waals surface area contributed by atoms with Crippen LogP contribution in [0, 0.1) is 0 Å². The Kier molecular flexibility index (Phi) is 8.84. The van der Waals surface area contributed by atoms with Gasteiger partial charge in [-0.3, -0.25) is 0 Å². The van der Waals surface area contributed by atoms with Crippen molar-refractivity contribution in [3.05, 3.63) is 222 Å². The first-order valence-electron chi connectivity index (χ1n) is 23.4. The van der Waals surface area contributed by atoms with Gasteiger partial charge in [-0.05, 0) is 126 Å². The lowest BCUT2D eigenvalue weighted by molar-refractivity contribution is 0.590. The van der Waals surface area contributed by atoms with Gasteiger partial charge >= 0.3 is 0 Å². The molecule has 2 aliphatic rings. The van der Waals surface area contributed by atoms with Gasteiger partial charge in [-0.25, -0.2) is 0 Å². The van der Waals surface area contributed by atoms with E-state index < -0.39 is 0 Å². The second-order valence-electron chi connectivity index (χ2n) is 20.6. The topological polar surface area (TPSA) is 16.4 Å². The van der Waals surface area contributed by atoms with Gasteiger partial charge in [0.2, 0.25) is 0 Å². The van der Waals surface area contributed by atoms with E-state index in [0.29, 0.717) is 0 Å². The van der Waals surface area contributed by atoms with E-state index in [-0.39, 0.29) is 16.2 Å². The molecule has 10 aromatic rings. The molecule has 2 aliphatic carbocycles. The summed E-state index contributed by atoms with van der Waals surface area (Å²) in [4.78, 5) is 2.46. The lowest BCUT2D eigenvalue weighted by Gasteiger charge is -2.30. The number of hydrogen-bond donors (Lipinski definition) is 0. The first kappa shape index (κ1) is 40.1. The Morgan fingerprint density at radius 3 is 1.73 bits per heavy atom. The van der Waals surface area contributed by atoms with Crippen LogP contribution in [-0.2, 0) is 16.2 Å². The number of rotatable bonds is 6. The minimum absolute atomic E-state index is 0.120. The summed E-state index contributed by atoms with van der Waals surface area (Å²) >= 11 is 0. The molecule has 0 atom stereocenters. The monoisotopic (exact) mass is 851 g/mol. The molecule has 320 valence electrons. The minimum atomic E-state index is -0.141. The van der Waals surface area contributed by atoms with Crippen LogP contribution in [0.25, 0.3) is 77.6 Å². The lowest BCUT2D eigenvalue weighted by atomic mass is 9.81. The van der Waals surface area contributed by atoms with Crippen molar-refractivity contribution < 1.29 is 4.42 Å². The van der Waals surface area contributed by atoms with Crippen molar-refractivity contribution in [1.29, 1.82) is 0 Å². The second kappa shape index (κ2) is 14.5. The number of para-hydroxylation sites is 3. The molecule has 0 spiro atoms. The molecular formula is C64H53NO. The summed E-state index contributed by atoms with van der Waals surface area (Å²) in [5, 5.41) is 2.27. The molecule has 1 aromatic heterocycles. The first-order valence-corrected chi connectivity index (χ1v) is 23.4. The third kappa shape index (κ3) is 6.15. The molecule has 0 unspecified atom stereocenters. The van der Waals surface area contributed by atoms with E-state index in [0.717, 1.165) is 50.1 Å². The largest absolute Gasteiger partial charge is 0.455 e. The van der Waals surface area contributed by atoms with Crippen LogP contribution in [0.2, 0.25) is 0 Å². The maximum absolute atomic E-state index is 6.50. The van der Waals surface area contributed by atoms with Crippen molar-refractivity contribution in [2.24, 2.45) is 0 Å². The lowest BCUT2D eigenvalue weighted by Crippen LogP contribution is -2.17. The fraction of sp³-hybridized carbons (Fsp3) is 0.156. The minimum Gasteiger partial charge on any atom is -0.455 e. The smallest absolute Gasteiger partial charge is 0.143 e. The van der Waals surface area contributed by atoms with Crippen molar-refractivity contribution in [2.75, 3.05) is 4.90 Å². The molecule has 0 radical (unpaired) electrons. The molecule has 66 heavy (non-hydrogen) atoms. The fourth-order valence-electron chi connectivity index (χ4n) is 11.2. The third-order valence-electron chi connectivity index (χ3n) is 14.9. The predicted molar refractivity (Wildman–Crippen MR) is 279 cm³/mol. The summed E-state index contributed by atoms with van der Waals surface area (Å²) < 4.78 is 6.50. The highest BCUT2D eigenvalue weighted by Gasteiger charge is 2.37. The Morgan fingerprint density at radius 2 is 0.939 bits per heavy atom. The zero-order valence-corrected chi connectivity index (χ0v) is 38.8. The maximum Gasteiger partial charge on any atom is 0.143 e. The van der Waals surface area contributed by atoms with Gasteiger partial charge in [-0.15, -0.1) is 0 Å². The van der Waals surface area contributed by atoms with Gasteiger partial charge in [0.1, 0.15) is 11.2 Å². The molecule has 2 nitrogen and oxygen atoms in total.